The molecule has 1 saturated heterocycles. The third-order valence-corrected chi connectivity index (χ3v) is 5.03. The largest absolute Gasteiger partial charge is 0.493 e. The van der Waals surface area contributed by atoms with Gasteiger partial charge in [0, 0.05) is 19.6 Å². The Morgan fingerprint density at radius 2 is 1.80 bits per heavy atom. The predicted octanol–water partition coefficient (Wildman–Crippen LogP) is 1.97. The molecule has 0 aromatic heterocycles. The number of hydrogen-bond acceptors (Lipinski definition) is 4. The molecule has 1 saturated carbocycles. The Hall–Kier alpha value is -2.24. The van der Waals surface area contributed by atoms with Crippen LogP contribution in [0.25, 0.3) is 0 Å². The molecule has 0 spiro atoms. The predicted molar refractivity (Wildman–Crippen MR) is 93.4 cm³/mol. The van der Waals surface area contributed by atoms with Crippen molar-refractivity contribution in [2.45, 2.75) is 32.2 Å². The number of carbonyl (C=O) groups is 2. The van der Waals surface area contributed by atoms with E-state index >= 15 is 0 Å². The van der Waals surface area contributed by atoms with E-state index in [9.17, 15) is 9.59 Å². The smallest absolute Gasteiger partial charge is 0.226 e. The van der Waals surface area contributed by atoms with E-state index in [2.05, 4.69) is 5.32 Å². The molecule has 1 N–H and O–H groups in total. The summed E-state index contributed by atoms with van der Waals surface area (Å²) in [6.07, 6.45) is 4.03. The molecule has 1 aliphatic carbocycles. The van der Waals surface area contributed by atoms with Gasteiger partial charge < -0.3 is 19.7 Å². The van der Waals surface area contributed by atoms with Crippen LogP contribution in [-0.2, 0) is 16.1 Å². The normalized spacial score (nSPS) is 22.2. The number of nitrogens with zero attached hydrogens (tertiary/aromatic N) is 1. The molecule has 0 radical (unpaired) electrons. The molecule has 136 valence electrons. The van der Waals surface area contributed by atoms with Crippen LogP contribution >= 0.6 is 0 Å². The molecule has 6 nitrogen and oxygen atoms in total. The van der Waals surface area contributed by atoms with Crippen LogP contribution in [0.2, 0.25) is 0 Å². The number of methoxy groups -OCH3 is 2. The second-order valence-corrected chi connectivity index (χ2v) is 6.74. The van der Waals surface area contributed by atoms with E-state index in [1.807, 2.05) is 23.1 Å². The molecule has 2 fully saturated rings. The van der Waals surface area contributed by atoms with Crippen LogP contribution in [0.5, 0.6) is 11.5 Å². The Kier molecular flexibility index (Phi) is 5.46. The standard InChI is InChI=1S/C19H26N2O4/c1-24-16-7-6-13(10-17(16)25-2)12-20-18(22)14-11-15(14)19(23)21-8-4-3-5-9-21/h6-7,10,14-15H,3-5,8-9,11-12H2,1-2H3,(H,20,22). The van der Waals surface area contributed by atoms with Gasteiger partial charge >= 0.3 is 0 Å². The zero-order valence-corrected chi connectivity index (χ0v) is 14.9. The lowest BCUT2D eigenvalue weighted by atomic mass is 10.1. The molecule has 3 rings (SSSR count). The third-order valence-electron chi connectivity index (χ3n) is 5.03. The van der Waals surface area contributed by atoms with Crippen LogP contribution in [-0.4, -0.2) is 44.0 Å². The summed E-state index contributed by atoms with van der Waals surface area (Å²) in [6.45, 7) is 2.10. The van der Waals surface area contributed by atoms with Gasteiger partial charge in [-0.15, -0.1) is 0 Å². The molecule has 2 atom stereocenters. The zero-order valence-electron chi connectivity index (χ0n) is 14.9. The number of nitrogens with one attached hydrogen (secondary N) is 1. The van der Waals surface area contributed by atoms with Crippen molar-refractivity contribution in [3.05, 3.63) is 23.8 Å². The number of piperidine rings is 1. The number of rotatable bonds is 6. The van der Waals surface area contributed by atoms with Crippen molar-refractivity contribution in [2.24, 2.45) is 11.8 Å². The summed E-state index contributed by atoms with van der Waals surface area (Å²) in [7, 11) is 3.17. The van der Waals surface area contributed by atoms with Crippen molar-refractivity contribution in [1.29, 1.82) is 0 Å². The van der Waals surface area contributed by atoms with Gasteiger partial charge in [-0.2, -0.15) is 0 Å². The van der Waals surface area contributed by atoms with Crippen LogP contribution in [0.3, 0.4) is 0 Å². The third kappa shape index (κ3) is 4.06. The first-order chi connectivity index (χ1) is 12.1. The number of likely N-dealkylation sites (tertiary alicyclic amines) is 1. The molecule has 1 aromatic carbocycles. The molecule has 1 heterocycles. The number of benzene rings is 1. The number of amides is 2. The fourth-order valence-electron chi connectivity index (χ4n) is 3.42. The van der Waals surface area contributed by atoms with E-state index in [0.29, 0.717) is 24.5 Å². The van der Waals surface area contributed by atoms with E-state index in [-0.39, 0.29) is 23.7 Å². The van der Waals surface area contributed by atoms with Gasteiger partial charge in [-0.1, -0.05) is 6.07 Å². The van der Waals surface area contributed by atoms with Gasteiger partial charge in [-0.05, 0) is 43.4 Å². The van der Waals surface area contributed by atoms with Crippen molar-refractivity contribution >= 4 is 11.8 Å². The fraction of sp³-hybridized carbons (Fsp3) is 0.579. The molecular weight excluding hydrogens is 320 g/mol. The summed E-state index contributed by atoms with van der Waals surface area (Å²) in [6, 6.07) is 5.56. The Bertz CT molecular complexity index is 640. The first-order valence-electron chi connectivity index (χ1n) is 8.91. The SMILES string of the molecule is COc1ccc(CNC(=O)C2CC2C(=O)N2CCCCC2)cc1OC. The van der Waals surface area contributed by atoms with Crippen molar-refractivity contribution in [3.8, 4) is 11.5 Å². The maximum Gasteiger partial charge on any atom is 0.226 e. The molecule has 1 aromatic rings. The van der Waals surface area contributed by atoms with Crippen molar-refractivity contribution in [2.75, 3.05) is 27.3 Å². The van der Waals surface area contributed by atoms with E-state index < -0.39 is 0 Å². The van der Waals surface area contributed by atoms with E-state index in [0.717, 1.165) is 31.5 Å². The minimum Gasteiger partial charge on any atom is -0.493 e. The van der Waals surface area contributed by atoms with Gasteiger partial charge in [0.15, 0.2) is 11.5 Å². The first-order valence-corrected chi connectivity index (χ1v) is 8.91. The molecule has 25 heavy (non-hydrogen) atoms. The molecular formula is C19H26N2O4. The molecule has 0 bridgehead atoms. The van der Waals surface area contributed by atoms with Crippen LogP contribution in [0, 0.1) is 11.8 Å². The van der Waals surface area contributed by atoms with Crippen LogP contribution < -0.4 is 14.8 Å². The van der Waals surface area contributed by atoms with E-state index in [1.54, 1.807) is 14.2 Å². The first kappa shape index (κ1) is 17.6. The van der Waals surface area contributed by atoms with Crippen molar-refractivity contribution in [3.63, 3.8) is 0 Å². The fourth-order valence-corrected chi connectivity index (χ4v) is 3.42. The number of ether oxygens (including phenoxy) is 2. The highest BCUT2D eigenvalue weighted by Gasteiger charge is 2.49. The summed E-state index contributed by atoms with van der Waals surface area (Å²) in [5.74, 6) is 1.12. The average molecular weight is 346 g/mol. The lowest BCUT2D eigenvalue weighted by Crippen LogP contribution is -2.37. The molecule has 2 amide bonds. The highest BCUT2D eigenvalue weighted by atomic mass is 16.5. The van der Waals surface area contributed by atoms with Crippen molar-refractivity contribution < 1.29 is 19.1 Å². The van der Waals surface area contributed by atoms with Gasteiger partial charge in [-0.3, -0.25) is 9.59 Å². The monoisotopic (exact) mass is 346 g/mol. The van der Waals surface area contributed by atoms with Crippen LogP contribution in [0.4, 0.5) is 0 Å². The quantitative estimate of drug-likeness (QED) is 0.855. The maximum absolute atomic E-state index is 12.4. The van der Waals surface area contributed by atoms with E-state index in [1.165, 1.54) is 6.42 Å². The second-order valence-electron chi connectivity index (χ2n) is 6.74. The van der Waals surface area contributed by atoms with Gasteiger partial charge in [0.05, 0.1) is 26.1 Å². The Morgan fingerprint density at radius 3 is 2.48 bits per heavy atom. The Balaban J connectivity index is 1.49. The van der Waals surface area contributed by atoms with Gasteiger partial charge in [-0.25, -0.2) is 0 Å². The summed E-state index contributed by atoms with van der Waals surface area (Å²) in [5, 5.41) is 2.93. The highest BCUT2D eigenvalue weighted by Crippen LogP contribution is 2.40. The Morgan fingerprint density at radius 1 is 1.08 bits per heavy atom. The summed E-state index contributed by atoms with van der Waals surface area (Å²) in [4.78, 5) is 26.7. The zero-order chi connectivity index (χ0) is 17.8. The Labute approximate surface area is 148 Å². The molecule has 1 aliphatic heterocycles. The average Bonchev–Trinajstić information content (AvgIpc) is 3.46. The number of carbonyl (C=O) groups excluding carboxylic acids is 2. The van der Waals surface area contributed by atoms with Crippen LogP contribution in [0.15, 0.2) is 18.2 Å². The number of hydrogen-bond donors (Lipinski definition) is 1. The highest BCUT2D eigenvalue weighted by molar-refractivity contribution is 5.92. The molecule has 6 heteroatoms. The lowest BCUT2D eigenvalue weighted by molar-refractivity contribution is -0.135. The van der Waals surface area contributed by atoms with Gasteiger partial charge in [0.2, 0.25) is 11.8 Å². The second kappa shape index (κ2) is 7.76. The van der Waals surface area contributed by atoms with E-state index in [4.69, 9.17) is 9.47 Å². The summed E-state index contributed by atoms with van der Waals surface area (Å²) < 4.78 is 10.5. The van der Waals surface area contributed by atoms with Crippen LogP contribution in [0.1, 0.15) is 31.2 Å². The van der Waals surface area contributed by atoms with Gasteiger partial charge in [0.25, 0.3) is 0 Å². The summed E-state index contributed by atoms with van der Waals surface area (Å²) in [5.41, 5.74) is 0.936. The molecule has 2 aliphatic rings. The maximum atomic E-state index is 12.4. The minimum absolute atomic E-state index is 0.0369. The lowest BCUT2D eigenvalue weighted by Gasteiger charge is -2.26. The summed E-state index contributed by atoms with van der Waals surface area (Å²) >= 11 is 0. The molecule has 2 unspecified atom stereocenters. The van der Waals surface area contributed by atoms with Gasteiger partial charge in [0.1, 0.15) is 0 Å². The topological polar surface area (TPSA) is 67.9 Å². The van der Waals surface area contributed by atoms with Crippen molar-refractivity contribution in [1.82, 2.24) is 10.2 Å². The minimum atomic E-state index is -0.172.